The number of esters is 3. The standard InChI is InChI=1S/C16H28N2O6/c1-10-6-4-5-7-16(10,2)23-9-12(18)15(21)24-14(20)11(17)8-13(19)22-3/h10-12H,4-9,17-18H2,1-3H3/t10?,11-,12-,16?/m0/s1. The van der Waals surface area contributed by atoms with Crippen LogP contribution in [0.2, 0.25) is 0 Å². The van der Waals surface area contributed by atoms with Gasteiger partial charge in [-0.15, -0.1) is 0 Å². The number of methoxy groups -OCH3 is 1. The number of hydrogen-bond acceptors (Lipinski definition) is 8. The van der Waals surface area contributed by atoms with Crippen molar-refractivity contribution in [1.82, 2.24) is 0 Å². The van der Waals surface area contributed by atoms with Crippen molar-refractivity contribution in [3.05, 3.63) is 0 Å². The molecule has 1 aliphatic rings. The molecule has 1 aliphatic carbocycles. The van der Waals surface area contributed by atoms with Crippen molar-refractivity contribution in [2.45, 2.75) is 63.6 Å². The summed E-state index contributed by atoms with van der Waals surface area (Å²) in [4.78, 5) is 34.6. The molecule has 1 saturated carbocycles. The molecule has 8 nitrogen and oxygen atoms in total. The van der Waals surface area contributed by atoms with Gasteiger partial charge in [-0.3, -0.25) is 4.79 Å². The molecule has 0 heterocycles. The Morgan fingerprint density at radius 1 is 1.17 bits per heavy atom. The van der Waals surface area contributed by atoms with Crippen LogP contribution in [-0.2, 0) is 28.6 Å². The second kappa shape index (κ2) is 9.10. The van der Waals surface area contributed by atoms with E-state index in [4.69, 9.17) is 16.2 Å². The minimum Gasteiger partial charge on any atom is -0.469 e. The molecule has 4 atom stereocenters. The second-order valence-electron chi connectivity index (χ2n) is 6.50. The van der Waals surface area contributed by atoms with E-state index in [0.29, 0.717) is 5.92 Å². The third-order valence-electron chi connectivity index (χ3n) is 4.62. The van der Waals surface area contributed by atoms with Gasteiger partial charge in [0.1, 0.15) is 12.1 Å². The highest BCUT2D eigenvalue weighted by Gasteiger charge is 2.36. The normalized spacial score (nSPS) is 26.3. The molecule has 0 aromatic heterocycles. The summed E-state index contributed by atoms with van der Waals surface area (Å²) in [7, 11) is 1.17. The zero-order chi connectivity index (χ0) is 18.3. The first-order valence-electron chi connectivity index (χ1n) is 8.17. The summed E-state index contributed by atoms with van der Waals surface area (Å²) in [5, 5.41) is 0. The van der Waals surface area contributed by atoms with E-state index in [1.165, 1.54) is 13.5 Å². The largest absolute Gasteiger partial charge is 0.469 e. The predicted molar refractivity (Wildman–Crippen MR) is 85.7 cm³/mol. The van der Waals surface area contributed by atoms with Crippen LogP contribution in [0.3, 0.4) is 0 Å². The van der Waals surface area contributed by atoms with Crippen molar-refractivity contribution >= 4 is 17.9 Å². The Hall–Kier alpha value is -1.51. The van der Waals surface area contributed by atoms with Crippen LogP contribution in [0.1, 0.15) is 46.0 Å². The van der Waals surface area contributed by atoms with Crippen molar-refractivity contribution in [2.24, 2.45) is 17.4 Å². The number of carbonyl (C=O) groups excluding carboxylic acids is 3. The molecule has 0 saturated heterocycles. The molecule has 0 amide bonds. The zero-order valence-electron chi connectivity index (χ0n) is 14.6. The van der Waals surface area contributed by atoms with Gasteiger partial charge in [0.25, 0.3) is 0 Å². The molecule has 4 N–H and O–H groups in total. The van der Waals surface area contributed by atoms with Crippen LogP contribution in [0, 0.1) is 5.92 Å². The summed E-state index contributed by atoms with van der Waals surface area (Å²) in [6, 6.07) is -2.37. The van der Waals surface area contributed by atoms with Crippen molar-refractivity contribution < 1.29 is 28.6 Å². The molecule has 0 spiro atoms. The average Bonchev–Trinajstić information content (AvgIpc) is 2.55. The number of rotatable bonds is 7. The molecule has 0 aromatic carbocycles. The smallest absolute Gasteiger partial charge is 0.333 e. The Kier molecular flexibility index (Phi) is 7.78. The minimum atomic E-state index is -1.27. The van der Waals surface area contributed by atoms with E-state index >= 15 is 0 Å². The van der Waals surface area contributed by atoms with Gasteiger partial charge in [0, 0.05) is 0 Å². The Labute approximate surface area is 142 Å². The van der Waals surface area contributed by atoms with Crippen LogP contribution in [0.25, 0.3) is 0 Å². The Morgan fingerprint density at radius 2 is 1.79 bits per heavy atom. The third kappa shape index (κ3) is 5.85. The van der Waals surface area contributed by atoms with Crippen LogP contribution >= 0.6 is 0 Å². The van der Waals surface area contributed by atoms with Gasteiger partial charge in [0.05, 0.1) is 25.7 Å². The van der Waals surface area contributed by atoms with Gasteiger partial charge in [-0.1, -0.05) is 19.8 Å². The average molecular weight is 344 g/mol. The molecule has 2 unspecified atom stereocenters. The SMILES string of the molecule is COC(=O)C[C@H](N)C(=O)OC(=O)[C@@H](N)COC1(C)CCCCC1C. The van der Waals surface area contributed by atoms with Gasteiger partial charge < -0.3 is 25.7 Å². The van der Waals surface area contributed by atoms with Crippen molar-refractivity contribution in [2.75, 3.05) is 13.7 Å². The monoisotopic (exact) mass is 344 g/mol. The lowest BCUT2D eigenvalue weighted by atomic mass is 9.77. The first-order chi connectivity index (χ1) is 11.2. The molecular weight excluding hydrogens is 316 g/mol. The lowest BCUT2D eigenvalue weighted by Gasteiger charge is -2.40. The lowest BCUT2D eigenvalue weighted by molar-refractivity contribution is -0.165. The predicted octanol–water partition coefficient (Wildman–Crippen LogP) is 0.259. The third-order valence-corrected chi connectivity index (χ3v) is 4.62. The van der Waals surface area contributed by atoms with Crippen LogP contribution in [0.5, 0.6) is 0 Å². The maximum absolute atomic E-state index is 11.9. The molecule has 1 rings (SSSR count). The van der Waals surface area contributed by atoms with Crippen molar-refractivity contribution in [3.8, 4) is 0 Å². The van der Waals surface area contributed by atoms with Crippen LogP contribution in [0.4, 0.5) is 0 Å². The fourth-order valence-corrected chi connectivity index (χ4v) is 2.64. The topological polar surface area (TPSA) is 131 Å². The molecule has 24 heavy (non-hydrogen) atoms. The van der Waals surface area contributed by atoms with Crippen molar-refractivity contribution in [3.63, 3.8) is 0 Å². The Balaban J connectivity index is 2.44. The fourth-order valence-electron chi connectivity index (χ4n) is 2.64. The van der Waals surface area contributed by atoms with Gasteiger partial charge in [-0.2, -0.15) is 0 Å². The van der Waals surface area contributed by atoms with Gasteiger partial charge in [0.2, 0.25) is 0 Å². The number of hydrogen-bond donors (Lipinski definition) is 2. The highest BCUT2D eigenvalue weighted by molar-refractivity contribution is 5.92. The van der Waals surface area contributed by atoms with Gasteiger partial charge in [-0.25, -0.2) is 9.59 Å². The summed E-state index contributed by atoms with van der Waals surface area (Å²) in [6.45, 7) is 4.07. The highest BCUT2D eigenvalue weighted by atomic mass is 16.6. The Morgan fingerprint density at radius 3 is 2.38 bits per heavy atom. The van der Waals surface area contributed by atoms with E-state index in [0.717, 1.165) is 19.3 Å². The second-order valence-corrected chi connectivity index (χ2v) is 6.50. The summed E-state index contributed by atoms with van der Waals surface area (Å²) >= 11 is 0. The maximum Gasteiger partial charge on any atom is 0.333 e. The summed E-state index contributed by atoms with van der Waals surface area (Å²) < 4.78 is 14.8. The molecule has 0 radical (unpaired) electrons. The zero-order valence-corrected chi connectivity index (χ0v) is 14.6. The van der Waals surface area contributed by atoms with Gasteiger partial charge in [0.15, 0.2) is 0 Å². The first kappa shape index (κ1) is 20.5. The van der Waals surface area contributed by atoms with Gasteiger partial charge in [-0.05, 0) is 25.7 Å². The molecule has 0 aliphatic heterocycles. The summed E-state index contributed by atoms with van der Waals surface area (Å²) in [5.41, 5.74) is 10.9. The van der Waals surface area contributed by atoms with E-state index in [9.17, 15) is 14.4 Å². The Bertz CT molecular complexity index is 469. The van der Waals surface area contributed by atoms with E-state index < -0.39 is 30.0 Å². The number of carbonyl (C=O) groups is 3. The van der Waals surface area contributed by atoms with Crippen LogP contribution < -0.4 is 11.5 Å². The van der Waals surface area contributed by atoms with E-state index in [1.807, 2.05) is 6.92 Å². The molecule has 0 aromatic rings. The van der Waals surface area contributed by atoms with E-state index in [2.05, 4.69) is 16.4 Å². The molecule has 138 valence electrons. The number of ether oxygens (including phenoxy) is 3. The van der Waals surface area contributed by atoms with E-state index in [1.54, 1.807) is 0 Å². The molecule has 8 heteroatoms. The lowest BCUT2D eigenvalue weighted by Crippen LogP contribution is -2.46. The minimum absolute atomic E-state index is 0.0425. The quantitative estimate of drug-likeness (QED) is 0.496. The summed E-state index contributed by atoms with van der Waals surface area (Å²) in [6.07, 6.45) is 3.84. The first-order valence-corrected chi connectivity index (χ1v) is 8.17. The van der Waals surface area contributed by atoms with Crippen molar-refractivity contribution in [1.29, 1.82) is 0 Å². The van der Waals surface area contributed by atoms with Crippen LogP contribution in [-0.4, -0.2) is 49.3 Å². The molecular formula is C16H28N2O6. The molecule has 0 bridgehead atoms. The summed E-state index contributed by atoms with van der Waals surface area (Å²) in [5.74, 6) is -2.24. The highest BCUT2D eigenvalue weighted by Crippen LogP contribution is 2.36. The van der Waals surface area contributed by atoms with Crippen LogP contribution in [0.15, 0.2) is 0 Å². The van der Waals surface area contributed by atoms with Gasteiger partial charge >= 0.3 is 17.9 Å². The number of nitrogens with two attached hydrogens (primary N) is 2. The maximum atomic E-state index is 11.9. The fraction of sp³-hybridized carbons (Fsp3) is 0.812. The van der Waals surface area contributed by atoms with E-state index in [-0.39, 0.29) is 18.6 Å². The molecule has 1 fully saturated rings.